The normalized spacial score (nSPS) is 20.9. The van der Waals surface area contributed by atoms with Crippen molar-refractivity contribution in [2.24, 2.45) is 5.92 Å². The maximum atomic E-state index is 12.4. The van der Waals surface area contributed by atoms with Gasteiger partial charge in [0, 0.05) is 12.5 Å². The number of hydrogen-bond acceptors (Lipinski definition) is 2. The van der Waals surface area contributed by atoms with Gasteiger partial charge in [0.2, 0.25) is 5.91 Å². The van der Waals surface area contributed by atoms with E-state index in [1.807, 2.05) is 0 Å². The minimum atomic E-state index is -4.37. The number of carbonyl (C=O) groups is 2. The van der Waals surface area contributed by atoms with E-state index in [2.05, 4.69) is 5.32 Å². The third kappa shape index (κ3) is 3.96. The summed E-state index contributed by atoms with van der Waals surface area (Å²) >= 11 is 0. The molecular weight excluding hydrogens is 287 g/mol. The first-order valence-electron chi connectivity index (χ1n) is 6.45. The van der Waals surface area contributed by atoms with E-state index in [-0.39, 0.29) is 30.7 Å². The molecule has 7 heteroatoms. The number of carboxylic acid groups (broad SMARTS) is 1. The van der Waals surface area contributed by atoms with E-state index in [1.54, 1.807) is 0 Å². The SMILES string of the molecule is O=C(O)CCNC(=O)C1CC1c1ccc(C(F)(F)F)cc1. The van der Waals surface area contributed by atoms with E-state index < -0.39 is 17.7 Å². The highest BCUT2D eigenvalue weighted by Crippen LogP contribution is 2.47. The summed E-state index contributed by atoms with van der Waals surface area (Å²) in [4.78, 5) is 22.0. The number of halogens is 3. The molecule has 1 fully saturated rings. The van der Waals surface area contributed by atoms with Gasteiger partial charge in [-0.15, -0.1) is 0 Å². The molecule has 2 N–H and O–H groups in total. The van der Waals surface area contributed by atoms with Crippen molar-refractivity contribution in [1.29, 1.82) is 0 Å². The number of alkyl halides is 3. The van der Waals surface area contributed by atoms with Gasteiger partial charge in [-0.2, -0.15) is 13.2 Å². The number of aliphatic carboxylic acids is 1. The van der Waals surface area contributed by atoms with Crippen molar-refractivity contribution in [3.8, 4) is 0 Å². The van der Waals surface area contributed by atoms with E-state index >= 15 is 0 Å². The molecule has 2 rings (SSSR count). The molecule has 1 saturated carbocycles. The molecule has 2 unspecified atom stereocenters. The topological polar surface area (TPSA) is 66.4 Å². The van der Waals surface area contributed by atoms with Crippen molar-refractivity contribution in [1.82, 2.24) is 5.32 Å². The van der Waals surface area contributed by atoms with Crippen LogP contribution in [0.15, 0.2) is 24.3 Å². The van der Waals surface area contributed by atoms with Crippen LogP contribution in [0, 0.1) is 5.92 Å². The highest BCUT2D eigenvalue weighted by atomic mass is 19.4. The molecule has 1 aromatic rings. The molecule has 0 heterocycles. The molecule has 0 aliphatic heterocycles. The predicted octanol–water partition coefficient (Wildman–Crippen LogP) is 2.40. The summed E-state index contributed by atoms with van der Waals surface area (Å²) in [6, 6.07) is 4.79. The minimum Gasteiger partial charge on any atom is -0.481 e. The van der Waals surface area contributed by atoms with Gasteiger partial charge in [0.1, 0.15) is 0 Å². The second kappa shape index (κ2) is 5.75. The van der Waals surface area contributed by atoms with Crippen LogP contribution in [0.3, 0.4) is 0 Å². The van der Waals surface area contributed by atoms with Crippen LogP contribution in [-0.2, 0) is 15.8 Å². The summed E-state index contributed by atoms with van der Waals surface area (Å²) in [6.45, 7) is 0.0599. The number of rotatable bonds is 5. The molecule has 0 aromatic heterocycles. The van der Waals surface area contributed by atoms with Gasteiger partial charge in [-0.3, -0.25) is 9.59 Å². The zero-order chi connectivity index (χ0) is 15.6. The fourth-order valence-corrected chi connectivity index (χ4v) is 2.20. The number of benzene rings is 1. The highest BCUT2D eigenvalue weighted by Gasteiger charge is 2.44. The Morgan fingerprint density at radius 2 is 1.86 bits per heavy atom. The quantitative estimate of drug-likeness (QED) is 0.877. The molecule has 21 heavy (non-hydrogen) atoms. The molecule has 1 aromatic carbocycles. The lowest BCUT2D eigenvalue weighted by molar-refractivity contribution is -0.138. The zero-order valence-electron chi connectivity index (χ0n) is 11.0. The van der Waals surface area contributed by atoms with Crippen LogP contribution in [0.5, 0.6) is 0 Å². The second-order valence-electron chi connectivity index (χ2n) is 5.00. The zero-order valence-corrected chi connectivity index (χ0v) is 11.0. The number of hydrogen-bond donors (Lipinski definition) is 2. The molecule has 0 bridgehead atoms. The van der Waals surface area contributed by atoms with Gasteiger partial charge in [0.05, 0.1) is 12.0 Å². The largest absolute Gasteiger partial charge is 0.481 e. The fourth-order valence-electron chi connectivity index (χ4n) is 2.20. The molecular formula is C14H14F3NO3. The maximum absolute atomic E-state index is 12.4. The average Bonchev–Trinajstić information content (AvgIpc) is 3.17. The Balaban J connectivity index is 1.88. The predicted molar refractivity (Wildman–Crippen MR) is 67.6 cm³/mol. The summed E-state index contributed by atoms with van der Waals surface area (Å²) in [6.07, 6.45) is -3.94. The van der Waals surface area contributed by atoms with Gasteiger partial charge in [-0.05, 0) is 30.0 Å². The van der Waals surface area contributed by atoms with Gasteiger partial charge < -0.3 is 10.4 Å². The Morgan fingerprint density at radius 3 is 2.38 bits per heavy atom. The monoisotopic (exact) mass is 301 g/mol. The third-order valence-electron chi connectivity index (χ3n) is 3.43. The average molecular weight is 301 g/mol. The van der Waals surface area contributed by atoms with Gasteiger partial charge in [0.25, 0.3) is 0 Å². The van der Waals surface area contributed by atoms with Crippen LogP contribution in [0.25, 0.3) is 0 Å². The molecule has 0 saturated heterocycles. The first-order chi connectivity index (χ1) is 9.79. The smallest absolute Gasteiger partial charge is 0.416 e. The van der Waals surface area contributed by atoms with E-state index in [9.17, 15) is 22.8 Å². The number of nitrogens with one attached hydrogen (secondary N) is 1. The lowest BCUT2D eigenvalue weighted by Gasteiger charge is -2.07. The summed E-state index contributed by atoms with van der Waals surface area (Å²) in [5.41, 5.74) is -0.0178. The maximum Gasteiger partial charge on any atom is 0.416 e. The molecule has 2 atom stereocenters. The van der Waals surface area contributed by atoms with Crippen LogP contribution in [0.2, 0.25) is 0 Å². The van der Waals surface area contributed by atoms with Gasteiger partial charge >= 0.3 is 12.1 Å². The Kier molecular flexibility index (Phi) is 4.20. The first kappa shape index (κ1) is 15.3. The van der Waals surface area contributed by atoms with E-state index in [1.165, 1.54) is 12.1 Å². The molecule has 0 radical (unpaired) electrons. The van der Waals surface area contributed by atoms with Gasteiger partial charge in [-0.1, -0.05) is 12.1 Å². The van der Waals surface area contributed by atoms with E-state index in [4.69, 9.17) is 5.11 Å². The molecule has 4 nitrogen and oxygen atoms in total. The number of amides is 1. The van der Waals surface area contributed by atoms with Crippen molar-refractivity contribution in [3.05, 3.63) is 35.4 Å². The van der Waals surface area contributed by atoms with Crippen LogP contribution in [0.1, 0.15) is 29.9 Å². The van der Waals surface area contributed by atoms with E-state index in [0.29, 0.717) is 12.0 Å². The van der Waals surface area contributed by atoms with Crippen molar-refractivity contribution in [2.75, 3.05) is 6.54 Å². The second-order valence-corrected chi connectivity index (χ2v) is 5.00. The van der Waals surface area contributed by atoms with Crippen LogP contribution in [0.4, 0.5) is 13.2 Å². The first-order valence-corrected chi connectivity index (χ1v) is 6.45. The number of carboxylic acids is 1. The molecule has 0 spiro atoms. The number of carbonyl (C=O) groups excluding carboxylic acids is 1. The van der Waals surface area contributed by atoms with Crippen LogP contribution < -0.4 is 5.32 Å². The highest BCUT2D eigenvalue weighted by molar-refractivity contribution is 5.83. The van der Waals surface area contributed by atoms with Crippen molar-refractivity contribution in [3.63, 3.8) is 0 Å². The molecule has 1 aliphatic rings. The third-order valence-corrected chi connectivity index (χ3v) is 3.43. The van der Waals surface area contributed by atoms with E-state index in [0.717, 1.165) is 12.1 Å². The van der Waals surface area contributed by atoms with Gasteiger partial charge in [-0.25, -0.2) is 0 Å². The lowest BCUT2D eigenvalue weighted by Crippen LogP contribution is -2.27. The summed E-state index contributed by atoms with van der Waals surface area (Å²) in [7, 11) is 0. The van der Waals surface area contributed by atoms with Crippen LogP contribution >= 0.6 is 0 Å². The Bertz CT molecular complexity index is 539. The Labute approximate surface area is 119 Å². The Hall–Kier alpha value is -2.05. The summed E-state index contributed by atoms with van der Waals surface area (Å²) in [5.74, 6) is -1.61. The Morgan fingerprint density at radius 1 is 1.24 bits per heavy atom. The minimum absolute atomic E-state index is 0.0599. The molecule has 114 valence electrons. The van der Waals surface area contributed by atoms with Gasteiger partial charge in [0.15, 0.2) is 0 Å². The lowest BCUT2D eigenvalue weighted by atomic mass is 10.1. The molecule has 1 amide bonds. The summed E-state index contributed by atoms with van der Waals surface area (Å²) in [5, 5.41) is 11.0. The molecule has 1 aliphatic carbocycles. The van der Waals surface area contributed by atoms with Crippen molar-refractivity contribution >= 4 is 11.9 Å². The summed E-state index contributed by atoms with van der Waals surface area (Å²) < 4.78 is 37.3. The standard InChI is InChI=1S/C14H14F3NO3/c15-14(16,17)9-3-1-8(2-4-9)10-7-11(10)13(21)18-6-5-12(19)20/h1-4,10-11H,5-7H2,(H,18,21)(H,19,20). The van der Waals surface area contributed by atoms with Crippen molar-refractivity contribution < 1.29 is 27.9 Å². The fraction of sp³-hybridized carbons (Fsp3) is 0.429. The van der Waals surface area contributed by atoms with Crippen LogP contribution in [-0.4, -0.2) is 23.5 Å². The van der Waals surface area contributed by atoms with Crippen molar-refractivity contribution in [2.45, 2.75) is 24.9 Å².